The zero-order chi connectivity index (χ0) is 17.6. The van der Waals surface area contributed by atoms with Crippen molar-refractivity contribution in [3.05, 3.63) is 64.6 Å². The molecule has 1 aliphatic heterocycles. The highest BCUT2D eigenvalue weighted by molar-refractivity contribution is 9.10. The molecule has 0 radical (unpaired) electrons. The molecule has 0 saturated carbocycles. The second kappa shape index (κ2) is 8.30. The van der Waals surface area contributed by atoms with Crippen molar-refractivity contribution in [3.63, 3.8) is 0 Å². The lowest BCUT2D eigenvalue weighted by Crippen LogP contribution is -2.31. The van der Waals surface area contributed by atoms with Crippen molar-refractivity contribution in [2.24, 2.45) is 0 Å². The van der Waals surface area contributed by atoms with E-state index in [1.165, 1.54) is 0 Å². The first kappa shape index (κ1) is 17.7. The van der Waals surface area contributed by atoms with Crippen LogP contribution in [0.4, 0.5) is 5.69 Å². The average Bonchev–Trinajstić information content (AvgIpc) is 3.09. The predicted molar refractivity (Wildman–Crippen MR) is 103 cm³/mol. The van der Waals surface area contributed by atoms with Gasteiger partial charge in [0.15, 0.2) is 5.78 Å². The summed E-state index contributed by atoms with van der Waals surface area (Å²) in [6, 6.07) is 17.6. The van der Waals surface area contributed by atoms with Gasteiger partial charge in [-0.1, -0.05) is 46.3 Å². The van der Waals surface area contributed by atoms with Gasteiger partial charge in [0.1, 0.15) is 0 Å². The minimum Gasteiger partial charge on any atom is -0.380 e. The first-order valence-electron chi connectivity index (χ1n) is 8.50. The molecule has 0 aliphatic carbocycles. The maximum absolute atomic E-state index is 12.4. The Hall–Kier alpha value is -2.14. The van der Waals surface area contributed by atoms with Crippen LogP contribution in [-0.4, -0.2) is 35.7 Å². The first-order chi connectivity index (χ1) is 12.1. The summed E-state index contributed by atoms with van der Waals surface area (Å²) in [5, 5.41) is 3.46. The maximum atomic E-state index is 12.4. The molecule has 2 aromatic carbocycles. The number of hydrogen-bond acceptors (Lipinski definition) is 3. The van der Waals surface area contributed by atoms with E-state index in [0.717, 1.165) is 23.1 Å². The fourth-order valence-electron chi connectivity index (χ4n) is 3.03. The number of para-hydroxylation sites is 1. The van der Waals surface area contributed by atoms with E-state index in [9.17, 15) is 9.59 Å². The van der Waals surface area contributed by atoms with Crippen molar-refractivity contribution >= 4 is 33.3 Å². The summed E-state index contributed by atoms with van der Waals surface area (Å²) in [5.41, 5.74) is 1.73. The number of nitrogens with one attached hydrogen (secondary N) is 1. The monoisotopic (exact) mass is 400 g/mol. The Bertz CT molecular complexity index is 731. The number of benzene rings is 2. The van der Waals surface area contributed by atoms with Crippen molar-refractivity contribution in [2.45, 2.75) is 25.3 Å². The van der Waals surface area contributed by atoms with E-state index in [1.54, 1.807) is 12.1 Å². The van der Waals surface area contributed by atoms with Gasteiger partial charge < -0.3 is 10.2 Å². The highest BCUT2D eigenvalue weighted by atomic mass is 79.9. The molecule has 1 heterocycles. The molecule has 4 nitrogen and oxygen atoms in total. The number of halogens is 1. The molecule has 0 spiro atoms. The molecule has 1 saturated heterocycles. The number of amides is 1. The lowest BCUT2D eigenvalue weighted by molar-refractivity contribution is -0.130. The highest BCUT2D eigenvalue weighted by Crippen LogP contribution is 2.18. The van der Waals surface area contributed by atoms with Gasteiger partial charge in [0, 0.05) is 47.7 Å². The van der Waals surface area contributed by atoms with E-state index in [4.69, 9.17) is 0 Å². The molecule has 1 atom stereocenters. The van der Waals surface area contributed by atoms with Crippen LogP contribution in [0.1, 0.15) is 29.6 Å². The van der Waals surface area contributed by atoms with Crippen LogP contribution in [0.5, 0.6) is 0 Å². The van der Waals surface area contributed by atoms with Crippen LogP contribution >= 0.6 is 15.9 Å². The number of ketones is 1. The Morgan fingerprint density at radius 1 is 1.04 bits per heavy atom. The van der Waals surface area contributed by atoms with E-state index in [2.05, 4.69) is 21.2 Å². The fourth-order valence-corrected chi connectivity index (χ4v) is 3.30. The molecule has 1 fully saturated rings. The number of carbonyl (C=O) groups excluding carboxylic acids is 2. The molecule has 0 bridgehead atoms. The lowest BCUT2D eigenvalue weighted by Gasteiger charge is -2.17. The number of rotatable bonds is 6. The normalized spacial score (nSPS) is 16.7. The van der Waals surface area contributed by atoms with Crippen LogP contribution in [0, 0.1) is 0 Å². The van der Waals surface area contributed by atoms with Gasteiger partial charge in [-0.25, -0.2) is 0 Å². The van der Waals surface area contributed by atoms with Crippen LogP contribution in [0.15, 0.2) is 59.1 Å². The molecule has 3 rings (SSSR count). The fraction of sp³-hybridized carbons (Fsp3) is 0.300. The number of anilines is 1. The molecule has 1 unspecified atom stereocenters. The van der Waals surface area contributed by atoms with Crippen LogP contribution in [0.2, 0.25) is 0 Å². The van der Waals surface area contributed by atoms with Crippen molar-refractivity contribution in [3.8, 4) is 0 Å². The van der Waals surface area contributed by atoms with Crippen molar-refractivity contribution in [2.75, 3.05) is 18.4 Å². The van der Waals surface area contributed by atoms with Gasteiger partial charge in [-0.05, 0) is 30.7 Å². The summed E-state index contributed by atoms with van der Waals surface area (Å²) in [7, 11) is 0. The number of hydrogen-bond donors (Lipinski definition) is 1. The van der Waals surface area contributed by atoms with Crippen LogP contribution in [-0.2, 0) is 4.79 Å². The van der Waals surface area contributed by atoms with E-state index in [-0.39, 0.29) is 30.6 Å². The first-order valence-corrected chi connectivity index (χ1v) is 9.29. The Kier molecular flexibility index (Phi) is 5.87. The third-order valence-corrected chi connectivity index (χ3v) is 4.95. The van der Waals surface area contributed by atoms with Gasteiger partial charge in [-0.3, -0.25) is 9.59 Å². The number of nitrogens with zero attached hydrogens (tertiary/aromatic N) is 1. The van der Waals surface area contributed by atoms with E-state index >= 15 is 0 Å². The summed E-state index contributed by atoms with van der Waals surface area (Å²) in [6.07, 6.45) is 1.46. The van der Waals surface area contributed by atoms with E-state index < -0.39 is 0 Å². The predicted octanol–water partition coefficient (Wildman–Crippen LogP) is 4.13. The minimum atomic E-state index is 0.0130. The largest absolute Gasteiger partial charge is 0.380 e. The summed E-state index contributed by atoms with van der Waals surface area (Å²) < 4.78 is 0.939. The van der Waals surface area contributed by atoms with Crippen LogP contribution in [0.3, 0.4) is 0 Å². The third kappa shape index (κ3) is 4.92. The SMILES string of the molecule is O=C(CCC(=O)N1CCC(Nc2ccccc2)C1)c1ccc(Br)cc1. The minimum absolute atomic E-state index is 0.0130. The van der Waals surface area contributed by atoms with Crippen molar-refractivity contribution in [1.29, 1.82) is 0 Å². The Morgan fingerprint density at radius 3 is 2.48 bits per heavy atom. The molecule has 0 aromatic heterocycles. The van der Waals surface area contributed by atoms with Crippen LogP contribution in [0.25, 0.3) is 0 Å². The zero-order valence-corrected chi connectivity index (χ0v) is 15.5. The molecule has 25 heavy (non-hydrogen) atoms. The second-order valence-electron chi connectivity index (χ2n) is 6.27. The third-order valence-electron chi connectivity index (χ3n) is 4.42. The molecule has 5 heteroatoms. The van der Waals surface area contributed by atoms with Gasteiger partial charge in [-0.15, -0.1) is 0 Å². The van der Waals surface area contributed by atoms with E-state index in [1.807, 2.05) is 47.4 Å². The van der Waals surface area contributed by atoms with Gasteiger partial charge in [0.2, 0.25) is 5.91 Å². The smallest absolute Gasteiger partial charge is 0.223 e. The van der Waals surface area contributed by atoms with E-state index in [0.29, 0.717) is 12.1 Å². The average molecular weight is 401 g/mol. The van der Waals surface area contributed by atoms with Gasteiger partial charge >= 0.3 is 0 Å². The van der Waals surface area contributed by atoms with Crippen molar-refractivity contribution < 1.29 is 9.59 Å². The Labute approximate surface area is 156 Å². The molecular weight excluding hydrogens is 380 g/mol. The second-order valence-corrected chi connectivity index (χ2v) is 7.18. The summed E-state index contributed by atoms with van der Waals surface area (Å²) in [5.74, 6) is 0.0711. The molecule has 1 aliphatic rings. The highest BCUT2D eigenvalue weighted by Gasteiger charge is 2.26. The van der Waals surface area contributed by atoms with Gasteiger partial charge in [-0.2, -0.15) is 0 Å². The van der Waals surface area contributed by atoms with Gasteiger partial charge in [0.25, 0.3) is 0 Å². The Morgan fingerprint density at radius 2 is 1.76 bits per heavy atom. The van der Waals surface area contributed by atoms with Gasteiger partial charge in [0.05, 0.1) is 0 Å². The quantitative estimate of drug-likeness (QED) is 0.741. The standard InChI is InChI=1S/C20H21BrN2O2/c21-16-8-6-15(7-9-16)19(24)10-11-20(25)23-13-12-18(14-23)22-17-4-2-1-3-5-17/h1-9,18,22H,10-14H2. The number of carbonyl (C=O) groups is 2. The summed E-state index contributed by atoms with van der Waals surface area (Å²) in [6.45, 7) is 1.44. The molecule has 130 valence electrons. The summed E-state index contributed by atoms with van der Waals surface area (Å²) >= 11 is 3.35. The molecular formula is C20H21BrN2O2. The van der Waals surface area contributed by atoms with Crippen LogP contribution < -0.4 is 5.32 Å². The maximum Gasteiger partial charge on any atom is 0.223 e. The molecule has 1 N–H and O–H groups in total. The summed E-state index contributed by atoms with van der Waals surface area (Å²) in [4.78, 5) is 26.4. The number of likely N-dealkylation sites (tertiary alicyclic amines) is 1. The van der Waals surface area contributed by atoms with Crippen molar-refractivity contribution in [1.82, 2.24) is 4.90 Å². The number of Topliss-reactive ketones (excluding diaryl/α,β-unsaturated/α-hetero) is 1. The topological polar surface area (TPSA) is 49.4 Å². The lowest BCUT2D eigenvalue weighted by atomic mass is 10.1. The molecule has 1 amide bonds. The molecule has 2 aromatic rings. The Balaban J connectivity index is 1.46. The zero-order valence-electron chi connectivity index (χ0n) is 14.0.